The number of anilines is 1. The smallest absolute Gasteiger partial charge is 0.438 e. The van der Waals surface area contributed by atoms with Crippen LogP contribution in [0.5, 0.6) is 11.5 Å². The van der Waals surface area contributed by atoms with Crippen LogP contribution < -0.4 is 21.1 Å². The molecule has 5 heterocycles. The third-order valence-corrected chi connectivity index (χ3v) is 19.8. The number of phenolic OH excluding ortho intramolecular Hbond substituents is 2. The summed E-state index contributed by atoms with van der Waals surface area (Å²) in [6.45, 7) is 8.68. The van der Waals surface area contributed by atoms with Gasteiger partial charge in [0.15, 0.2) is 6.54 Å². The van der Waals surface area contributed by atoms with Crippen molar-refractivity contribution in [2.45, 2.75) is 140 Å². The van der Waals surface area contributed by atoms with E-state index < -0.39 is 54.1 Å². The quantitative estimate of drug-likeness (QED) is 0.0211. The number of cyclic esters (lactones) is 1. The Bertz CT molecular complexity index is 3370. The van der Waals surface area contributed by atoms with Crippen molar-refractivity contribution in [3.8, 4) is 22.9 Å². The maximum atomic E-state index is 14.8. The number of nitrogens with zero attached hydrogens (tertiary/aromatic N) is 4. The Labute approximate surface area is 461 Å². The molecule has 3 aliphatic heterocycles. The molecule has 0 radical (unpaired) electrons. The zero-order valence-electron chi connectivity index (χ0n) is 44.2. The molecule has 0 bridgehead atoms. The Morgan fingerprint density at radius 2 is 1.67 bits per heavy atom. The number of primary amides is 1. The van der Waals surface area contributed by atoms with E-state index in [-0.39, 0.29) is 53.4 Å². The highest BCUT2D eigenvalue weighted by Crippen LogP contribution is 2.56. The lowest BCUT2D eigenvalue weighted by molar-refractivity contribution is -0.590. The number of amides is 2. The number of aryl methyl sites for hydroxylation is 1. The number of rotatable bonds is 11. The van der Waals surface area contributed by atoms with Crippen molar-refractivity contribution in [2.24, 2.45) is 5.41 Å². The highest BCUT2D eigenvalue weighted by molar-refractivity contribution is 8.77. The number of pyridine rings is 2. The zero-order chi connectivity index (χ0) is 56.4. The number of halogens is 4. The molecule has 2 unspecified atom stereocenters. The number of amidine groups is 2. The Hall–Kier alpha value is -6.49. The highest BCUT2D eigenvalue weighted by Gasteiger charge is 2.52. The second-order valence-electron chi connectivity index (χ2n) is 22.1. The number of carboxylic acid groups (broad SMARTS) is 1. The lowest BCUT2D eigenvalue weighted by atomic mass is 9.63. The molecule has 22 heteroatoms. The van der Waals surface area contributed by atoms with E-state index in [2.05, 4.69) is 31.8 Å². The van der Waals surface area contributed by atoms with E-state index >= 15 is 0 Å². The van der Waals surface area contributed by atoms with Gasteiger partial charge in [-0.15, -0.1) is 0 Å². The van der Waals surface area contributed by atoms with Gasteiger partial charge in [0.2, 0.25) is 5.84 Å². The number of carbonyl (C=O) groups is 3. The Kier molecular flexibility index (Phi) is 15.4. The van der Waals surface area contributed by atoms with Crippen LogP contribution in [0.3, 0.4) is 0 Å². The minimum Gasteiger partial charge on any atom is -0.508 e. The summed E-state index contributed by atoms with van der Waals surface area (Å²) in [6, 6.07) is 12.1. The maximum absolute atomic E-state index is 14.8. The fourth-order valence-corrected chi connectivity index (χ4v) is 16.0. The lowest BCUT2D eigenvalue weighted by Crippen LogP contribution is -2.93. The molecule has 2 atom stereocenters. The number of benzene rings is 3. The summed E-state index contributed by atoms with van der Waals surface area (Å²) in [5, 5.41) is 53.0. The molecule has 418 valence electrons. The first-order chi connectivity index (χ1) is 37.5. The number of esters is 1. The number of likely N-dealkylation sites (tertiary alicyclic amines) is 1. The molecular weight excluding hydrogens is 1060 g/mol. The van der Waals surface area contributed by atoms with Crippen molar-refractivity contribution in [3.63, 3.8) is 0 Å². The van der Waals surface area contributed by atoms with E-state index in [1.807, 2.05) is 39.0 Å². The van der Waals surface area contributed by atoms with Crippen LogP contribution in [0.15, 0.2) is 53.3 Å². The summed E-state index contributed by atoms with van der Waals surface area (Å²) in [5.74, 6) is -4.58. The van der Waals surface area contributed by atoms with Gasteiger partial charge in [0.05, 0.1) is 46.5 Å². The molecule has 2 amide bonds. The van der Waals surface area contributed by atoms with Crippen LogP contribution in [0.1, 0.15) is 140 Å². The van der Waals surface area contributed by atoms with Crippen molar-refractivity contribution in [1.82, 2.24) is 19.8 Å². The van der Waals surface area contributed by atoms with E-state index in [9.17, 15) is 52.1 Å². The number of hydrogen-bond acceptors (Lipinski definition) is 13. The zero-order valence-corrected chi connectivity index (χ0v) is 45.8. The molecule has 2 saturated carbocycles. The number of ether oxygens (including phenoxy) is 1. The normalized spacial score (nSPS) is 19.2. The van der Waals surface area contributed by atoms with E-state index in [1.54, 1.807) is 23.6 Å². The number of alkyl halides is 3. The van der Waals surface area contributed by atoms with Gasteiger partial charge < -0.3 is 29.9 Å². The number of hydrogen-bond donors (Lipinski definition) is 7. The monoisotopic (exact) mass is 1130 g/mol. The fourth-order valence-electron chi connectivity index (χ4n) is 12.4. The number of nitrogens with two attached hydrogens (primary N) is 1. The minimum atomic E-state index is -4.62. The highest BCUT2D eigenvalue weighted by atomic mass is 33.1. The Morgan fingerprint density at radius 1 is 0.975 bits per heavy atom. The Balaban J connectivity index is 0.000000185. The SMILES string of the molecule is CC(C)c1cc(C(=N)N(C(=N)C(=O)[NH2+]CC(F)(F)F)c2ccc(CN3CC4(CC(SSC5CCCC5)C4)C3)cc2)c(O)cc1O.CCC1C(=O)OCc2c1cc1n(c2=O)Cc2c-1nc1cc(F)c(C)c3c1c2C(NC(=O)O)CC3. The van der Waals surface area contributed by atoms with Crippen molar-refractivity contribution in [1.29, 1.82) is 10.8 Å². The molecule has 3 aromatic carbocycles. The number of phenols is 2. The number of nitrogens with one attached hydrogen (secondary N) is 3. The van der Waals surface area contributed by atoms with Crippen molar-refractivity contribution < 1.29 is 57.3 Å². The summed E-state index contributed by atoms with van der Waals surface area (Å²) in [5.41, 5.74) is 7.29. The third-order valence-electron chi connectivity index (χ3n) is 16.4. The fraction of sp³-hybridized carbons (Fsp3) is 0.456. The van der Waals surface area contributed by atoms with Gasteiger partial charge in [0, 0.05) is 58.9 Å². The third kappa shape index (κ3) is 11.0. The van der Waals surface area contributed by atoms with Crippen LogP contribution in [-0.4, -0.2) is 95.7 Å². The maximum Gasteiger partial charge on any atom is 0.438 e. The topological polar surface area (TPSA) is 239 Å². The number of aromatic nitrogens is 2. The second kappa shape index (κ2) is 21.9. The first-order valence-corrected chi connectivity index (χ1v) is 29.0. The summed E-state index contributed by atoms with van der Waals surface area (Å²) >= 11 is 0. The van der Waals surface area contributed by atoms with Crippen molar-refractivity contribution in [3.05, 3.63) is 115 Å². The standard InChI is InChI=1S/C32H40F3N5O3S2.C25H22FN3O5/c1-19(2)24-11-25(27(42)12-26(24)41)28(36)40(29(37)30(43)38-16-32(33,34)35)21-9-7-20(8-10-21)15-39-17-31(18-39)13-23(14-31)45-44-22-5-3-4-6-22;1-3-11-13-6-19-22-14(8-29(19)23(30)15(13)9-34-24(11)31)21-17(28-25(32)33)5-4-12-10(2)16(26)7-18(27-22)20(12)21/h7-12,19,22-23,36-37,41-42H,3-6,13-18H2,1-2H3,(H,38,43);6-7,11,17,28H,3-5,8-9H2,1-2H3,(H,32,33)/p+1. The van der Waals surface area contributed by atoms with Gasteiger partial charge in [-0.1, -0.05) is 67.3 Å². The lowest BCUT2D eigenvalue weighted by Gasteiger charge is -2.59. The summed E-state index contributed by atoms with van der Waals surface area (Å²) in [7, 11) is 4.18. The number of fused-ring (bicyclic) bond motifs is 5. The van der Waals surface area contributed by atoms with Gasteiger partial charge in [0.1, 0.15) is 29.8 Å². The number of quaternary nitrogens is 1. The molecule has 16 nitrogen and oxygen atoms in total. The molecule has 1 saturated heterocycles. The molecule has 5 aromatic rings. The molecule has 11 rings (SSSR count). The van der Waals surface area contributed by atoms with Gasteiger partial charge >= 0.3 is 24.1 Å². The van der Waals surface area contributed by atoms with Crippen LogP contribution in [-0.2, 0) is 40.4 Å². The van der Waals surface area contributed by atoms with Gasteiger partial charge in [-0.2, -0.15) is 13.2 Å². The van der Waals surface area contributed by atoms with E-state index in [0.717, 1.165) is 68.7 Å². The van der Waals surface area contributed by atoms with Gasteiger partial charge in [-0.25, -0.2) is 19.0 Å². The van der Waals surface area contributed by atoms with Crippen LogP contribution >= 0.6 is 21.6 Å². The summed E-state index contributed by atoms with van der Waals surface area (Å²) in [4.78, 5) is 58.2. The predicted octanol–water partition coefficient (Wildman–Crippen LogP) is 9.65. The molecule has 8 N–H and O–H groups in total. The molecule has 2 aromatic heterocycles. The average Bonchev–Trinajstić information content (AvgIpc) is 3.82. The molecule has 79 heavy (non-hydrogen) atoms. The van der Waals surface area contributed by atoms with E-state index in [4.69, 9.17) is 20.5 Å². The molecule has 6 aliphatic rings. The largest absolute Gasteiger partial charge is 0.508 e. The molecule has 3 fully saturated rings. The summed E-state index contributed by atoms with van der Waals surface area (Å²) in [6.07, 6.45) is 3.70. The van der Waals surface area contributed by atoms with Crippen LogP contribution in [0.4, 0.5) is 28.0 Å². The van der Waals surface area contributed by atoms with Gasteiger partial charge in [-0.3, -0.25) is 35.5 Å². The van der Waals surface area contributed by atoms with E-state index in [1.165, 1.54) is 50.7 Å². The number of carbonyl (C=O) groups excluding carboxylic acids is 2. The van der Waals surface area contributed by atoms with Crippen molar-refractivity contribution >= 4 is 67.8 Å². The van der Waals surface area contributed by atoms with Gasteiger partial charge in [-0.05, 0) is 121 Å². The minimum absolute atomic E-state index is 0.0693. The van der Waals surface area contributed by atoms with Crippen LogP contribution in [0.2, 0.25) is 0 Å². The van der Waals surface area contributed by atoms with E-state index in [0.29, 0.717) is 69.2 Å². The van der Waals surface area contributed by atoms with Crippen LogP contribution in [0, 0.1) is 29.0 Å². The Morgan fingerprint density at radius 3 is 2.33 bits per heavy atom. The number of aromatic hydroxyl groups is 2. The predicted molar refractivity (Wildman–Crippen MR) is 294 cm³/mol. The van der Waals surface area contributed by atoms with Crippen molar-refractivity contribution in [2.75, 3.05) is 24.5 Å². The summed E-state index contributed by atoms with van der Waals surface area (Å²) < 4.78 is 60.1. The van der Waals surface area contributed by atoms with Crippen LogP contribution in [0.25, 0.3) is 22.3 Å². The van der Waals surface area contributed by atoms with Gasteiger partial charge in [0.25, 0.3) is 5.56 Å². The molecule has 3 aliphatic carbocycles. The molecule has 1 spiro atoms. The second-order valence-corrected chi connectivity index (χ2v) is 25.0. The first kappa shape index (κ1) is 55.8. The molecular formula is C57H63F4N8O8S2+. The first-order valence-electron chi connectivity index (χ1n) is 26.7. The average molecular weight is 1130 g/mol.